The summed E-state index contributed by atoms with van der Waals surface area (Å²) in [6.45, 7) is 1.92. The van der Waals surface area contributed by atoms with Crippen molar-refractivity contribution in [2.75, 3.05) is 13.2 Å². The molecule has 0 unspecified atom stereocenters. The molecule has 6 nitrogen and oxygen atoms in total. The maximum atomic E-state index is 12.7. The number of aromatic nitrogens is 2. The number of hydrogen-bond donors (Lipinski definition) is 0. The molecule has 7 heteroatoms. The molecular formula is C21H20ClN3O3. The van der Waals surface area contributed by atoms with Crippen LogP contribution in [0.15, 0.2) is 53.6 Å². The van der Waals surface area contributed by atoms with E-state index in [1.165, 1.54) is 0 Å². The van der Waals surface area contributed by atoms with E-state index in [1.807, 2.05) is 30.3 Å². The molecule has 1 amide bonds. The lowest BCUT2D eigenvalue weighted by molar-refractivity contribution is -0.132. The van der Waals surface area contributed by atoms with Gasteiger partial charge in [-0.05, 0) is 36.8 Å². The summed E-state index contributed by atoms with van der Waals surface area (Å²) in [6.07, 6.45) is 2.47. The number of rotatable bonds is 4. The van der Waals surface area contributed by atoms with Crippen molar-refractivity contribution in [1.29, 1.82) is 0 Å². The van der Waals surface area contributed by atoms with E-state index in [1.54, 1.807) is 27.9 Å². The molecule has 1 aliphatic rings. The Labute approximate surface area is 167 Å². The average molecular weight is 398 g/mol. The van der Waals surface area contributed by atoms with Crippen LogP contribution in [0.5, 0.6) is 5.75 Å². The van der Waals surface area contributed by atoms with Crippen LogP contribution in [0.4, 0.5) is 0 Å². The molecule has 2 heterocycles. The molecule has 0 saturated carbocycles. The van der Waals surface area contributed by atoms with Crippen LogP contribution < -0.4 is 10.3 Å². The lowest BCUT2D eigenvalue weighted by Gasteiger charge is -2.20. The van der Waals surface area contributed by atoms with Crippen LogP contribution in [0.3, 0.4) is 0 Å². The summed E-state index contributed by atoms with van der Waals surface area (Å²) >= 11 is 6.07. The fraction of sp³-hybridized carbons (Fsp3) is 0.286. The number of halogens is 1. The van der Waals surface area contributed by atoms with Gasteiger partial charge in [0.2, 0.25) is 5.91 Å². The zero-order valence-electron chi connectivity index (χ0n) is 15.3. The molecular weight excluding hydrogens is 378 g/mol. The largest absolute Gasteiger partial charge is 0.491 e. The minimum absolute atomic E-state index is 0.0400. The van der Waals surface area contributed by atoms with Gasteiger partial charge in [-0.2, -0.15) is 0 Å². The fourth-order valence-corrected chi connectivity index (χ4v) is 3.59. The maximum Gasteiger partial charge on any atom is 0.261 e. The number of hydrogen-bond acceptors (Lipinski definition) is 4. The van der Waals surface area contributed by atoms with Gasteiger partial charge in [-0.1, -0.05) is 23.7 Å². The number of carbonyl (C=O) groups excluding carboxylic acids is 1. The van der Waals surface area contributed by atoms with Gasteiger partial charge in [-0.3, -0.25) is 14.2 Å². The van der Waals surface area contributed by atoms with Crippen LogP contribution in [0.25, 0.3) is 10.9 Å². The highest BCUT2D eigenvalue weighted by Gasteiger charge is 2.20. The molecule has 0 aliphatic carbocycles. The SMILES string of the molecule is O=C(CCCn1cnc2ccccc2c1=O)N1CCOc2ccc(Cl)cc2C1. The zero-order chi connectivity index (χ0) is 19.5. The van der Waals surface area contributed by atoms with Crippen LogP contribution >= 0.6 is 11.6 Å². The van der Waals surface area contributed by atoms with Gasteiger partial charge in [-0.15, -0.1) is 0 Å². The van der Waals surface area contributed by atoms with Gasteiger partial charge in [0, 0.05) is 30.1 Å². The van der Waals surface area contributed by atoms with Gasteiger partial charge in [0.15, 0.2) is 0 Å². The first-order valence-corrected chi connectivity index (χ1v) is 9.63. The van der Waals surface area contributed by atoms with Crippen molar-refractivity contribution in [2.24, 2.45) is 0 Å². The van der Waals surface area contributed by atoms with Crippen molar-refractivity contribution in [3.63, 3.8) is 0 Å². The van der Waals surface area contributed by atoms with Gasteiger partial charge >= 0.3 is 0 Å². The fourth-order valence-electron chi connectivity index (χ4n) is 3.40. The Balaban J connectivity index is 1.39. The van der Waals surface area contributed by atoms with Crippen molar-refractivity contribution in [2.45, 2.75) is 25.9 Å². The minimum atomic E-state index is -0.0789. The van der Waals surface area contributed by atoms with E-state index in [4.69, 9.17) is 16.3 Å². The first-order chi connectivity index (χ1) is 13.6. The quantitative estimate of drug-likeness (QED) is 0.677. The first-order valence-electron chi connectivity index (χ1n) is 9.25. The highest BCUT2D eigenvalue weighted by molar-refractivity contribution is 6.30. The molecule has 1 aromatic heterocycles. The summed E-state index contributed by atoms with van der Waals surface area (Å²) in [4.78, 5) is 31.3. The third-order valence-corrected chi connectivity index (χ3v) is 5.11. The number of carbonyl (C=O) groups is 1. The van der Waals surface area contributed by atoms with Crippen molar-refractivity contribution < 1.29 is 9.53 Å². The van der Waals surface area contributed by atoms with Gasteiger partial charge < -0.3 is 9.64 Å². The van der Waals surface area contributed by atoms with Gasteiger partial charge in [-0.25, -0.2) is 4.98 Å². The first kappa shape index (κ1) is 18.5. The summed E-state index contributed by atoms with van der Waals surface area (Å²) in [6, 6.07) is 12.7. The summed E-state index contributed by atoms with van der Waals surface area (Å²) in [5, 5.41) is 1.22. The molecule has 1 aliphatic heterocycles. The second-order valence-corrected chi connectivity index (χ2v) is 7.22. The Bertz CT molecular complexity index is 1080. The van der Waals surface area contributed by atoms with Crippen LogP contribution in [-0.4, -0.2) is 33.5 Å². The van der Waals surface area contributed by atoms with E-state index in [2.05, 4.69) is 4.98 Å². The summed E-state index contributed by atoms with van der Waals surface area (Å²) in [7, 11) is 0. The number of aryl methyl sites for hydroxylation is 1. The Morgan fingerprint density at radius 2 is 2.07 bits per heavy atom. The Morgan fingerprint density at radius 3 is 2.96 bits per heavy atom. The standard InChI is InChI=1S/C21H20ClN3O3/c22-16-7-8-19-15(12-16)13-24(10-11-28-19)20(26)6-3-9-25-14-23-18-5-2-1-4-17(18)21(25)27/h1-2,4-5,7-8,12,14H,3,6,9-11,13H2. The lowest BCUT2D eigenvalue weighted by atomic mass is 10.2. The number of fused-ring (bicyclic) bond motifs is 2. The Kier molecular flexibility index (Phi) is 5.30. The summed E-state index contributed by atoms with van der Waals surface area (Å²) in [5.41, 5.74) is 1.51. The second kappa shape index (κ2) is 8.02. The predicted molar refractivity (Wildman–Crippen MR) is 108 cm³/mol. The molecule has 4 rings (SSSR count). The van der Waals surface area contributed by atoms with E-state index in [0.717, 1.165) is 11.3 Å². The van der Waals surface area contributed by atoms with E-state index in [-0.39, 0.29) is 11.5 Å². The van der Waals surface area contributed by atoms with Crippen molar-refractivity contribution in [3.05, 3.63) is 69.7 Å². The van der Waals surface area contributed by atoms with E-state index < -0.39 is 0 Å². The smallest absolute Gasteiger partial charge is 0.261 e. The maximum absolute atomic E-state index is 12.7. The minimum Gasteiger partial charge on any atom is -0.491 e. The van der Waals surface area contributed by atoms with E-state index >= 15 is 0 Å². The van der Waals surface area contributed by atoms with Crippen LogP contribution in [-0.2, 0) is 17.9 Å². The summed E-state index contributed by atoms with van der Waals surface area (Å²) < 4.78 is 7.27. The molecule has 0 fully saturated rings. The van der Waals surface area contributed by atoms with Crippen molar-refractivity contribution in [1.82, 2.24) is 14.5 Å². The normalized spacial score (nSPS) is 13.7. The van der Waals surface area contributed by atoms with Crippen LogP contribution in [0.2, 0.25) is 5.02 Å². The van der Waals surface area contributed by atoms with Gasteiger partial charge in [0.25, 0.3) is 5.56 Å². The number of ether oxygens (including phenoxy) is 1. The second-order valence-electron chi connectivity index (χ2n) is 6.78. The highest BCUT2D eigenvalue weighted by Crippen LogP contribution is 2.26. The van der Waals surface area contributed by atoms with Crippen molar-refractivity contribution >= 4 is 28.4 Å². The van der Waals surface area contributed by atoms with Crippen LogP contribution in [0.1, 0.15) is 18.4 Å². The zero-order valence-corrected chi connectivity index (χ0v) is 16.1. The van der Waals surface area contributed by atoms with Crippen LogP contribution in [0, 0.1) is 0 Å². The predicted octanol–water partition coefficient (Wildman–Crippen LogP) is 3.25. The van der Waals surface area contributed by atoms with E-state index in [9.17, 15) is 9.59 Å². The van der Waals surface area contributed by atoms with Gasteiger partial charge in [0.05, 0.1) is 23.8 Å². The molecule has 0 saturated heterocycles. The van der Waals surface area contributed by atoms with Crippen molar-refractivity contribution in [3.8, 4) is 5.75 Å². The Morgan fingerprint density at radius 1 is 1.21 bits per heavy atom. The molecule has 0 N–H and O–H groups in total. The molecule has 144 valence electrons. The third kappa shape index (κ3) is 3.87. The number of nitrogens with zero attached hydrogens (tertiary/aromatic N) is 3. The highest BCUT2D eigenvalue weighted by atomic mass is 35.5. The molecule has 0 bridgehead atoms. The molecule has 28 heavy (non-hydrogen) atoms. The monoisotopic (exact) mass is 397 g/mol. The topological polar surface area (TPSA) is 64.4 Å². The molecule has 0 atom stereocenters. The molecule has 3 aromatic rings. The summed E-state index contributed by atoms with van der Waals surface area (Å²) in [5.74, 6) is 0.812. The van der Waals surface area contributed by atoms with Gasteiger partial charge in [0.1, 0.15) is 12.4 Å². The lowest BCUT2D eigenvalue weighted by Crippen LogP contribution is -2.32. The molecule has 0 spiro atoms. The Hall–Kier alpha value is -2.86. The average Bonchev–Trinajstić information content (AvgIpc) is 2.92. The number of amides is 1. The molecule has 0 radical (unpaired) electrons. The number of benzene rings is 2. The van der Waals surface area contributed by atoms with E-state index in [0.29, 0.717) is 55.0 Å². The number of para-hydroxylation sites is 1. The molecule has 2 aromatic carbocycles. The third-order valence-electron chi connectivity index (χ3n) is 4.88.